The monoisotopic (exact) mass is 321 g/mol. The fourth-order valence-corrected chi connectivity index (χ4v) is 2.36. The molecule has 0 spiro atoms. The van der Waals surface area contributed by atoms with E-state index in [1.54, 1.807) is 25.5 Å². The first-order chi connectivity index (χ1) is 11.7. The lowest BCUT2D eigenvalue weighted by Crippen LogP contribution is -2.07. The summed E-state index contributed by atoms with van der Waals surface area (Å²) in [5.74, 6) is 0.613. The lowest BCUT2D eigenvalue weighted by Gasteiger charge is -2.11. The molecule has 3 aromatic rings. The van der Waals surface area contributed by atoms with E-state index in [1.165, 1.54) is 6.20 Å². The van der Waals surface area contributed by atoms with Gasteiger partial charge in [-0.1, -0.05) is 6.07 Å². The van der Waals surface area contributed by atoms with Crippen molar-refractivity contribution in [3.05, 3.63) is 60.3 Å². The molecule has 24 heavy (non-hydrogen) atoms. The van der Waals surface area contributed by atoms with Crippen molar-refractivity contribution in [1.82, 2.24) is 14.4 Å². The van der Waals surface area contributed by atoms with Gasteiger partial charge in [-0.15, -0.1) is 0 Å². The van der Waals surface area contributed by atoms with Crippen LogP contribution in [0, 0.1) is 0 Å². The number of nitrogens with zero attached hydrogens (tertiary/aromatic N) is 4. The normalized spacial score (nSPS) is 12.1. The maximum Gasteiger partial charge on any atom is 0.150 e. The molecule has 0 radical (unpaired) electrons. The second-order valence-corrected chi connectivity index (χ2v) is 5.23. The van der Waals surface area contributed by atoms with Crippen LogP contribution in [0.4, 0.5) is 11.5 Å². The third-order valence-electron chi connectivity index (χ3n) is 3.58. The summed E-state index contributed by atoms with van der Waals surface area (Å²) in [7, 11) is 1.69. The van der Waals surface area contributed by atoms with E-state index in [2.05, 4.69) is 20.3 Å². The Labute approximate surface area is 139 Å². The Morgan fingerprint density at radius 1 is 1.33 bits per heavy atom. The van der Waals surface area contributed by atoms with Crippen molar-refractivity contribution >= 4 is 28.9 Å². The molecular weight excluding hydrogens is 302 g/mol. The van der Waals surface area contributed by atoms with Gasteiger partial charge in [-0.2, -0.15) is 0 Å². The molecule has 0 saturated carbocycles. The number of aromatic nitrogens is 3. The van der Waals surface area contributed by atoms with Crippen molar-refractivity contribution in [2.45, 2.75) is 6.54 Å². The molecule has 0 amide bonds. The molecule has 3 aromatic heterocycles. The molecule has 0 aliphatic heterocycles. The molecule has 0 aliphatic rings. The molecule has 0 saturated heterocycles. The standard InChI is InChI=1S/C17H19N7/c1-20-10-13(8-18)15-4-3-14(19)17(23-15)22-9-12-2-5-16-21-6-7-24(16)11-12/h2-8,10-11H,9,18-19H2,1H3,(H,22,23). The summed E-state index contributed by atoms with van der Waals surface area (Å²) in [5.41, 5.74) is 15.7. The Kier molecular flexibility index (Phi) is 4.42. The Morgan fingerprint density at radius 3 is 3.00 bits per heavy atom. The molecule has 122 valence electrons. The zero-order chi connectivity index (χ0) is 16.9. The van der Waals surface area contributed by atoms with Crippen molar-refractivity contribution in [3.8, 4) is 0 Å². The highest BCUT2D eigenvalue weighted by molar-refractivity contribution is 6.09. The average molecular weight is 321 g/mol. The predicted octanol–water partition coefficient (Wildman–Crippen LogP) is 1.92. The number of hydrogen-bond acceptors (Lipinski definition) is 6. The lowest BCUT2D eigenvalue weighted by molar-refractivity contribution is 1.06. The van der Waals surface area contributed by atoms with Gasteiger partial charge in [0, 0.05) is 50.2 Å². The molecule has 7 nitrogen and oxygen atoms in total. The summed E-state index contributed by atoms with van der Waals surface area (Å²) in [5, 5.41) is 3.27. The van der Waals surface area contributed by atoms with Crippen LogP contribution in [0.25, 0.3) is 11.2 Å². The molecule has 0 unspecified atom stereocenters. The first kappa shape index (κ1) is 15.5. The number of rotatable bonds is 5. The second kappa shape index (κ2) is 6.82. The maximum absolute atomic E-state index is 6.02. The Hall–Kier alpha value is -3.35. The Morgan fingerprint density at radius 2 is 2.21 bits per heavy atom. The van der Waals surface area contributed by atoms with Crippen LogP contribution in [0.3, 0.4) is 0 Å². The number of anilines is 2. The number of nitrogens with two attached hydrogens (primary N) is 2. The smallest absolute Gasteiger partial charge is 0.150 e. The van der Waals surface area contributed by atoms with E-state index in [0.29, 0.717) is 23.7 Å². The van der Waals surface area contributed by atoms with Gasteiger partial charge in [0.05, 0.1) is 11.4 Å². The van der Waals surface area contributed by atoms with Gasteiger partial charge in [-0.3, -0.25) is 4.99 Å². The van der Waals surface area contributed by atoms with Crippen LogP contribution in [-0.2, 0) is 6.54 Å². The van der Waals surface area contributed by atoms with Gasteiger partial charge in [0.25, 0.3) is 0 Å². The third-order valence-corrected chi connectivity index (χ3v) is 3.58. The van der Waals surface area contributed by atoms with Gasteiger partial charge >= 0.3 is 0 Å². The molecule has 0 fully saturated rings. The summed E-state index contributed by atoms with van der Waals surface area (Å²) in [4.78, 5) is 12.7. The minimum absolute atomic E-state index is 0.576. The van der Waals surface area contributed by atoms with Crippen LogP contribution in [0.1, 0.15) is 11.3 Å². The number of imidazole rings is 1. The highest BCUT2D eigenvalue weighted by Gasteiger charge is 2.06. The zero-order valence-corrected chi connectivity index (χ0v) is 13.3. The summed E-state index contributed by atoms with van der Waals surface area (Å²) in [6, 6.07) is 7.61. The topological polar surface area (TPSA) is 107 Å². The van der Waals surface area contributed by atoms with Gasteiger partial charge in [0.1, 0.15) is 11.5 Å². The quantitative estimate of drug-likeness (QED) is 0.622. The highest BCUT2D eigenvalue weighted by Crippen LogP contribution is 2.20. The van der Waals surface area contributed by atoms with Gasteiger partial charge < -0.3 is 21.2 Å². The first-order valence-corrected chi connectivity index (χ1v) is 7.47. The molecule has 5 N–H and O–H groups in total. The second-order valence-electron chi connectivity index (χ2n) is 5.23. The summed E-state index contributed by atoms with van der Waals surface area (Å²) in [6.07, 6.45) is 8.84. The number of fused-ring (bicyclic) bond motifs is 1. The van der Waals surface area contributed by atoms with Crippen molar-refractivity contribution in [2.75, 3.05) is 18.1 Å². The van der Waals surface area contributed by atoms with Crippen molar-refractivity contribution in [3.63, 3.8) is 0 Å². The minimum Gasteiger partial charge on any atom is -0.404 e. The zero-order valence-electron chi connectivity index (χ0n) is 13.3. The summed E-state index contributed by atoms with van der Waals surface area (Å²) in [6.45, 7) is 0.596. The van der Waals surface area contributed by atoms with Crippen LogP contribution in [0.15, 0.2) is 54.0 Å². The van der Waals surface area contributed by atoms with Gasteiger partial charge in [0.2, 0.25) is 0 Å². The summed E-state index contributed by atoms with van der Waals surface area (Å²) >= 11 is 0. The first-order valence-electron chi connectivity index (χ1n) is 7.47. The van der Waals surface area contributed by atoms with Gasteiger partial charge in [-0.25, -0.2) is 9.97 Å². The molecular formula is C17H19N7. The van der Waals surface area contributed by atoms with Crippen LogP contribution < -0.4 is 16.8 Å². The minimum atomic E-state index is 0.576. The Bertz CT molecular complexity index is 908. The molecule has 7 heteroatoms. The maximum atomic E-state index is 6.02. The molecule has 0 aliphatic carbocycles. The van der Waals surface area contributed by atoms with E-state index in [4.69, 9.17) is 11.5 Å². The summed E-state index contributed by atoms with van der Waals surface area (Å²) < 4.78 is 1.97. The van der Waals surface area contributed by atoms with E-state index in [-0.39, 0.29) is 0 Å². The van der Waals surface area contributed by atoms with Gasteiger partial charge in [0.15, 0.2) is 0 Å². The fraction of sp³-hybridized carbons (Fsp3) is 0.118. The highest BCUT2D eigenvalue weighted by atomic mass is 15.0. The van der Waals surface area contributed by atoms with Crippen LogP contribution in [0.2, 0.25) is 0 Å². The van der Waals surface area contributed by atoms with E-state index in [9.17, 15) is 0 Å². The number of pyridine rings is 2. The number of hydrogen-bond donors (Lipinski definition) is 3. The van der Waals surface area contributed by atoms with Crippen molar-refractivity contribution in [1.29, 1.82) is 0 Å². The van der Waals surface area contributed by atoms with E-state index in [1.807, 2.05) is 35.0 Å². The van der Waals surface area contributed by atoms with Crippen LogP contribution in [0.5, 0.6) is 0 Å². The van der Waals surface area contributed by atoms with Crippen molar-refractivity contribution in [2.24, 2.45) is 10.7 Å². The van der Waals surface area contributed by atoms with Crippen LogP contribution >= 0.6 is 0 Å². The number of nitrogens with one attached hydrogen (secondary N) is 1. The molecule has 0 atom stereocenters. The molecule has 3 heterocycles. The fourth-order valence-electron chi connectivity index (χ4n) is 2.36. The van der Waals surface area contributed by atoms with E-state index >= 15 is 0 Å². The number of nitrogen functional groups attached to an aromatic ring is 1. The lowest BCUT2D eigenvalue weighted by atomic mass is 10.2. The largest absolute Gasteiger partial charge is 0.404 e. The third kappa shape index (κ3) is 3.19. The van der Waals surface area contributed by atoms with E-state index in [0.717, 1.165) is 16.8 Å². The number of allylic oxidation sites excluding steroid dienone is 1. The van der Waals surface area contributed by atoms with Gasteiger partial charge in [-0.05, 0) is 23.8 Å². The Balaban J connectivity index is 1.81. The van der Waals surface area contributed by atoms with Crippen molar-refractivity contribution < 1.29 is 0 Å². The SMILES string of the molecule is CN=CC(=CN)c1ccc(N)c(NCc2ccc3nccn3c2)n1. The number of aliphatic imine (C=N–C) groups is 1. The van der Waals surface area contributed by atoms with Crippen LogP contribution in [-0.4, -0.2) is 27.6 Å². The van der Waals surface area contributed by atoms with E-state index < -0.39 is 0 Å². The molecule has 0 aromatic carbocycles. The molecule has 3 rings (SSSR count). The average Bonchev–Trinajstić information content (AvgIpc) is 3.07. The predicted molar refractivity (Wildman–Crippen MR) is 97.7 cm³/mol. The molecule has 0 bridgehead atoms.